The van der Waals surface area contributed by atoms with Crippen LogP contribution in [0.5, 0.6) is 0 Å². The fourth-order valence-corrected chi connectivity index (χ4v) is 0. The summed E-state index contributed by atoms with van der Waals surface area (Å²) in [7, 11) is 1.72. The zero-order valence-electron chi connectivity index (χ0n) is 1.89. The molecule has 0 atom stereocenters. The van der Waals surface area contributed by atoms with Crippen LogP contribution >= 0.6 is 9.12 Å². The van der Waals surface area contributed by atoms with Crippen molar-refractivity contribution in [2.45, 2.75) is 0 Å². The maximum absolute atomic E-state index is 8.38. The van der Waals surface area contributed by atoms with Gasteiger partial charge in [0.15, 0.2) is 0 Å². The first-order valence-corrected chi connectivity index (χ1v) is 2.01. The third-order valence-corrected chi connectivity index (χ3v) is 0. The normalized spacial score (nSPS) is 2.50. The second-order valence-corrected chi connectivity index (χ2v) is 0. The average Bonchev–Trinajstić information content (AvgIpc) is 1.50. The molecule has 21 valence electrons. The first kappa shape index (κ1) is 8.89. The molecule has 4 heavy (non-hydrogen) atoms. The van der Waals surface area contributed by atoms with Crippen molar-refractivity contribution < 1.29 is 37.6 Å². The van der Waals surface area contributed by atoms with Gasteiger partial charge >= 0.3 is 33.1 Å². The molecule has 0 aliphatic rings. The molecule has 2 nitrogen and oxygen atoms in total. The van der Waals surface area contributed by atoms with E-state index in [9.17, 15) is 0 Å². The van der Waals surface area contributed by atoms with Crippen molar-refractivity contribution in [2.24, 2.45) is 0 Å². The predicted molar refractivity (Wildman–Crippen MR) is 9.69 cm³/mol. The predicted octanol–water partition coefficient (Wildman–Crippen LogP) is 0.353. The Bertz CT molecular complexity index is 8.00. The summed E-state index contributed by atoms with van der Waals surface area (Å²) in [6, 6.07) is 0. The van der Waals surface area contributed by atoms with Crippen LogP contribution in [0.2, 0.25) is 0 Å². The second kappa shape index (κ2) is 35.8. The van der Waals surface area contributed by atoms with Gasteiger partial charge in [0, 0.05) is 0 Å². The Morgan fingerprint density at radius 1 is 1.25 bits per heavy atom. The van der Waals surface area contributed by atoms with Crippen LogP contribution in [0.4, 0.5) is 0 Å². The van der Waals surface area contributed by atoms with Gasteiger partial charge in [-0.2, -0.15) is 0 Å². The fraction of sp³-hybridized carbons (Fsp3) is 0. The molecular formula is HO2PY. The zero-order valence-corrected chi connectivity index (χ0v) is 5.73. The van der Waals surface area contributed by atoms with E-state index in [-0.39, 0.29) is 31.0 Å². The summed E-state index contributed by atoms with van der Waals surface area (Å²) in [5.74, 6) is 0. The van der Waals surface area contributed by atoms with Crippen LogP contribution < -0.4 is 0 Å². The fourth-order valence-electron chi connectivity index (χ4n) is 0. The van der Waals surface area contributed by atoms with Crippen molar-refractivity contribution in [3.05, 3.63) is 0 Å². The number of hydrogen-bond donors (Lipinski definition) is 0. The van der Waals surface area contributed by atoms with E-state index >= 15 is 0 Å². The molecule has 4 heteroatoms. The molecule has 0 aliphatic carbocycles. The van der Waals surface area contributed by atoms with Crippen LogP contribution in [0.25, 0.3) is 0 Å². The van der Waals surface area contributed by atoms with Crippen molar-refractivity contribution in [3.8, 4) is 0 Å². The summed E-state index contributed by atoms with van der Waals surface area (Å²) < 4.78 is 16.4. The first-order chi connectivity index (χ1) is 2.00. The van der Waals surface area contributed by atoms with Crippen molar-refractivity contribution in [1.82, 2.24) is 0 Å². The van der Waals surface area contributed by atoms with E-state index in [2.05, 4.69) is 0 Å². The van der Waals surface area contributed by atoms with Gasteiger partial charge in [-0.1, -0.05) is 0 Å². The van der Waals surface area contributed by atoms with Gasteiger partial charge in [-0.05, 0) is 0 Å². The van der Waals surface area contributed by atoms with Gasteiger partial charge in [-0.3, -0.25) is 4.57 Å². The van der Waals surface area contributed by atoms with Crippen LogP contribution in [0.15, 0.2) is 0 Å². The van der Waals surface area contributed by atoms with Gasteiger partial charge in [0.25, 0.3) is 0 Å². The van der Waals surface area contributed by atoms with Crippen molar-refractivity contribution in [2.75, 3.05) is 0 Å². The van der Waals surface area contributed by atoms with Crippen molar-refractivity contribution in [3.63, 3.8) is 0 Å². The molecule has 0 aliphatic heterocycles. The van der Waals surface area contributed by atoms with Crippen molar-refractivity contribution in [1.29, 1.82) is 0 Å². The van der Waals surface area contributed by atoms with Crippen LogP contribution in [0.1, 0.15) is 0 Å². The molecule has 0 saturated carbocycles. The van der Waals surface area contributed by atoms with Gasteiger partial charge in [0.05, 0.1) is 0 Å². The molecule has 0 N–H and O–H groups in total. The minimum absolute atomic E-state index is 0.100. The van der Waals surface area contributed by atoms with Gasteiger partial charge in [-0.25, -0.2) is 0 Å². The Kier molecular flexibility index (Phi) is 79.7. The molecule has 0 aromatic carbocycles. The van der Waals surface area contributed by atoms with Gasteiger partial charge in [0.1, 0.15) is 9.12 Å². The SMILES string of the molecule is O=P.[O]=[Y]. The van der Waals surface area contributed by atoms with Crippen LogP contribution in [0, 0.1) is 0 Å². The van der Waals surface area contributed by atoms with E-state index in [4.69, 9.17) is 6.61 Å². The second-order valence-electron chi connectivity index (χ2n) is 0. The summed E-state index contributed by atoms with van der Waals surface area (Å²) in [6.07, 6.45) is 0. The van der Waals surface area contributed by atoms with Gasteiger partial charge in [-0.15, -0.1) is 0 Å². The topological polar surface area (TPSA) is 34.1 Å². The molecule has 0 unspecified atom stereocenters. The Balaban J connectivity index is 0. The van der Waals surface area contributed by atoms with Crippen LogP contribution in [-0.4, -0.2) is 0 Å². The molecule has 0 saturated heterocycles. The van der Waals surface area contributed by atoms with Gasteiger partial charge in [0.2, 0.25) is 0 Å². The molecule has 0 bridgehead atoms. The first-order valence-electron chi connectivity index (χ1n) is 0.440. The van der Waals surface area contributed by atoms with Crippen molar-refractivity contribution >= 4 is 9.12 Å². The van der Waals surface area contributed by atoms with E-state index in [1.54, 1.807) is 9.12 Å². The quantitative estimate of drug-likeness (QED) is 0.470. The molecular weight excluding hydrogens is 152 g/mol. The Hall–Kier alpha value is 1.00. The molecule has 0 spiro atoms. The van der Waals surface area contributed by atoms with E-state index in [0.29, 0.717) is 0 Å². The van der Waals surface area contributed by atoms with E-state index in [0.717, 1.165) is 0 Å². The third kappa shape index (κ3) is 12.0. The molecule has 0 amide bonds. The number of rotatable bonds is 0. The van der Waals surface area contributed by atoms with E-state index in [1.807, 2.05) is 0 Å². The Morgan fingerprint density at radius 2 is 1.25 bits per heavy atom. The summed E-state index contributed by atoms with van der Waals surface area (Å²) >= 11 is 0.100. The summed E-state index contributed by atoms with van der Waals surface area (Å²) in [4.78, 5) is 0. The van der Waals surface area contributed by atoms with E-state index < -0.39 is 0 Å². The summed E-state index contributed by atoms with van der Waals surface area (Å²) in [5, 5.41) is 0. The van der Waals surface area contributed by atoms with Crippen LogP contribution in [-0.2, 0) is 37.6 Å². The molecule has 0 rings (SSSR count). The Morgan fingerprint density at radius 3 is 1.25 bits per heavy atom. The molecule has 0 heterocycles. The zero-order chi connectivity index (χ0) is 4.00. The average molecular weight is 153 g/mol. The van der Waals surface area contributed by atoms with Crippen LogP contribution in [0.3, 0.4) is 0 Å². The third-order valence-electron chi connectivity index (χ3n) is 0. The van der Waals surface area contributed by atoms with Gasteiger partial charge < -0.3 is 0 Å². The molecule has 0 aromatic rings. The molecule has 0 radical (unpaired) electrons. The minimum atomic E-state index is 0.100. The Labute approximate surface area is 46.6 Å². The number of hydrogen-bond acceptors (Lipinski definition) is 2. The summed E-state index contributed by atoms with van der Waals surface area (Å²) in [6.45, 7) is 0. The molecule has 0 fully saturated rings. The van der Waals surface area contributed by atoms with E-state index in [1.165, 1.54) is 0 Å². The molecule has 0 aromatic heterocycles. The maximum atomic E-state index is 8.38. The standard InChI is InChI=1S/HOP.O.Y/c1-2;;/h2H;;. The monoisotopic (exact) mass is 153 g/mol. The summed E-state index contributed by atoms with van der Waals surface area (Å²) in [5.41, 5.74) is 0.